The molecule has 0 aliphatic carbocycles. The predicted octanol–water partition coefficient (Wildman–Crippen LogP) is 0.527. The van der Waals surface area contributed by atoms with Crippen molar-refractivity contribution in [1.82, 2.24) is 15.5 Å². The Bertz CT molecular complexity index is 327. The highest BCUT2D eigenvalue weighted by Gasteiger charge is 2.15. The van der Waals surface area contributed by atoms with Crippen molar-refractivity contribution >= 4 is 5.91 Å². The standard InChI is InChI=1S/C10H17N3O2/c1-4-8(14)5-11-10(15)9-6(2)12-13-7(9)3/h8,14H,4-5H2,1-3H3,(H,11,15)(H,12,13). The van der Waals surface area contributed by atoms with Crippen LogP contribution >= 0.6 is 0 Å². The summed E-state index contributed by atoms with van der Waals surface area (Å²) in [6.07, 6.45) is 0.144. The fourth-order valence-electron chi connectivity index (χ4n) is 1.33. The number of aliphatic hydroxyl groups excluding tert-OH is 1. The van der Waals surface area contributed by atoms with E-state index < -0.39 is 6.10 Å². The molecule has 0 radical (unpaired) electrons. The Morgan fingerprint density at radius 3 is 2.73 bits per heavy atom. The number of hydrogen-bond acceptors (Lipinski definition) is 3. The van der Waals surface area contributed by atoms with Gasteiger partial charge in [-0.2, -0.15) is 5.10 Å². The molecule has 0 fully saturated rings. The molecule has 1 unspecified atom stereocenters. The molecule has 0 saturated carbocycles. The Hall–Kier alpha value is -1.36. The molecule has 15 heavy (non-hydrogen) atoms. The molecule has 5 heteroatoms. The van der Waals surface area contributed by atoms with E-state index >= 15 is 0 Å². The van der Waals surface area contributed by atoms with Crippen LogP contribution in [0.4, 0.5) is 0 Å². The van der Waals surface area contributed by atoms with Crippen molar-refractivity contribution in [3.8, 4) is 0 Å². The number of aromatic amines is 1. The van der Waals surface area contributed by atoms with Crippen molar-refractivity contribution in [3.05, 3.63) is 17.0 Å². The second-order valence-electron chi connectivity index (χ2n) is 3.58. The molecule has 0 aliphatic rings. The van der Waals surface area contributed by atoms with Crippen LogP contribution in [0.15, 0.2) is 0 Å². The largest absolute Gasteiger partial charge is 0.391 e. The second-order valence-corrected chi connectivity index (χ2v) is 3.58. The van der Waals surface area contributed by atoms with Gasteiger partial charge in [0.2, 0.25) is 0 Å². The smallest absolute Gasteiger partial charge is 0.255 e. The Kier molecular flexibility index (Phi) is 3.85. The van der Waals surface area contributed by atoms with Gasteiger partial charge in [0, 0.05) is 12.2 Å². The van der Waals surface area contributed by atoms with Crippen LogP contribution in [-0.4, -0.2) is 33.9 Å². The maximum absolute atomic E-state index is 11.7. The van der Waals surface area contributed by atoms with Gasteiger partial charge in [-0.1, -0.05) is 6.92 Å². The number of aryl methyl sites for hydroxylation is 2. The number of rotatable bonds is 4. The molecule has 1 amide bonds. The molecular weight excluding hydrogens is 194 g/mol. The summed E-state index contributed by atoms with van der Waals surface area (Å²) < 4.78 is 0. The zero-order chi connectivity index (χ0) is 11.4. The van der Waals surface area contributed by atoms with Crippen LogP contribution in [0, 0.1) is 13.8 Å². The molecular formula is C10H17N3O2. The molecule has 0 spiro atoms. The summed E-state index contributed by atoms with van der Waals surface area (Å²) in [5.74, 6) is -0.189. The summed E-state index contributed by atoms with van der Waals surface area (Å²) in [7, 11) is 0. The van der Waals surface area contributed by atoms with Gasteiger partial charge in [0.05, 0.1) is 17.4 Å². The average Bonchev–Trinajstić information content (AvgIpc) is 2.54. The van der Waals surface area contributed by atoms with Gasteiger partial charge in [-0.15, -0.1) is 0 Å². The molecule has 0 bridgehead atoms. The van der Waals surface area contributed by atoms with E-state index in [9.17, 15) is 9.90 Å². The molecule has 5 nitrogen and oxygen atoms in total. The quantitative estimate of drug-likeness (QED) is 0.679. The summed E-state index contributed by atoms with van der Waals surface area (Å²) in [6.45, 7) is 5.71. The van der Waals surface area contributed by atoms with E-state index in [0.717, 1.165) is 5.69 Å². The summed E-state index contributed by atoms with van der Waals surface area (Å²) in [5, 5.41) is 18.7. The third-order valence-corrected chi connectivity index (χ3v) is 2.32. The van der Waals surface area contributed by atoms with Crippen molar-refractivity contribution < 1.29 is 9.90 Å². The minimum absolute atomic E-state index is 0.189. The lowest BCUT2D eigenvalue weighted by Crippen LogP contribution is -2.32. The first kappa shape index (κ1) is 11.7. The second kappa shape index (κ2) is 4.93. The normalized spacial score (nSPS) is 12.5. The summed E-state index contributed by atoms with van der Waals surface area (Å²) in [4.78, 5) is 11.7. The Labute approximate surface area is 88.9 Å². The summed E-state index contributed by atoms with van der Waals surface area (Å²) >= 11 is 0. The topological polar surface area (TPSA) is 78.0 Å². The number of nitrogens with zero attached hydrogens (tertiary/aromatic N) is 1. The van der Waals surface area contributed by atoms with E-state index in [4.69, 9.17) is 0 Å². The van der Waals surface area contributed by atoms with Crippen LogP contribution in [0.5, 0.6) is 0 Å². The molecule has 1 atom stereocenters. The van der Waals surface area contributed by atoms with Crippen LogP contribution in [0.2, 0.25) is 0 Å². The minimum atomic E-state index is -0.485. The van der Waals surface area contributed by atoms with Crippen LogP contribution in [0.3, 0.4) is 0 Å². The zero-order valence-corrected chi connectivity index (χ0v) is 9.29. The fourth-order valence-corrected chi connectivity index (χ4v) is 1.33. The average molecular weight is 211 g/mol. The molecule has 0 saturated heterocycles. The molecule has 1 aromatic rings. The lowest BCUT2D eigenvalue weighted by Gasteiger charge is -2.09. The summed E-state index contributed by atoms with van der Waals surface area (Å²) in [6, 6.07) is 0. The van der Waals surface area contributed by atoms with Crippen LogP contribution in [-0.2, 0) is 0 Å². The molecule has 0 aliphatic heterocycles. The van der Waals surface area contributed by atoms with E-state index in [1.165, 1.54) is 0 Å². The van der Waals surface area contributed by atoms with Crippen molar-refractivity contribution in [3.63, 3.8) is 0 Å². The van der Waals surface area contributed by atoms with E-state index in [2.05, 4.69) is 15.5 Å². The number of amides is 1. The lowest BCUT2D eigenvalue weighted by molar-refractivity contribution is 0.0912. The van der Waals surface area contributed by atoms with Crippen molar-refractivity contribution in [1.29, 1.82) is 0 Å². The summed E-state index contributed by atoms with van der Waals surface area (Å²) in [5.41, 5.74) is 1.99. The van der Waals surface area contributed by atoms with Crippen LogP contribution in [0.1, 0.15) is 35.1 Å². The van der Waals surface area contributed by atoms with Crippen molar-refractivity contribution in [2.24, 2.45) is 0 Å². The van der Waals surface area contributed by atoms with E-state index in [0.29, 0.717) is 17.7 Å². The van der Waals surface area contributed by atoms with Crippen molar-refractivity contribution in [2.45, 2.75) is 33.3 Å². The monoisotopic (exact) mass is 211 g/mol. The lowest BCUT2D eigenvalue weighted by atomic mass is 10.2. The van der Waals surface area contributed by atoms with E-state index in [1.54, 1.807) is 13.8 Å². The van der Waals surface area contributed by atoms with Gasteiger partial charge in [-0.05, 0) is 20.3 Å². The number of hydrogen-bond donors (Lipinski definition) is 3. The highest BCUT2D eigenvalue weighted by atomic mass is 16.3. The molecule has 0 aromatic carbocycles. The zero-order valence-electron chi connectivity index (χ0n) is 9.29. The Morgan fingerprint density at radius 2 is 2.27 bits per heavy atom. The van der Waals surface area contributed by atoms with Gasteiger partial charge >= 0.3 is 0 Å². The van der Waals surface area contributed by atoms with Gasteiger partial charge in [0.25, 0.3) is 5.91 Å². The highest BCUT2D eigenvalue weighted by Crippen LogP contribution is 2.08. The first-order valence-corrected chi connectivity index (χ1v) is 5.04. The molecule has 1 aromatic heterocycles. The first-order valence-electron chi connectivity index (χ1n) is 5.04. The van der Waals surface area contributed by atoms with Gasteiger partial charge in [0.15, 0.2) is 0 Å². The maximum atomic E-state index is 11.7. The van der Waals surface area contributed by atoms with Crippen LogP contribution in [0.25, 0.3) is 0 Å². The molecule has 1 heterocycles. The number of carbonyl (C=O) groups is 1. The highest BCUT2D eigenvalue weighted by molar-refractivity contribution is 5.96. The van der Waals surface area contributed by atoms with Gasteiger partial charge in [-0.3, -0.25) is 9.89 Å². The Balaban J connectivity index is 2.62. The van der Waals surface area contributed by atoms with Crippen LogP contribution < -0.4 is 5.32 Å². The predicted molar refractivity (Wildman–Crippen MR) is 56.7 cm³/mol. The third-order valence-electron chi connectivity index (χ3n) is 2.32. The van der Waals surface area contributed by atoms with Gasteiger partial charge in [0.1, 0.15) is 0 Å². The van der Waals surface area contributed by atoms with E-state index in [-0.39, 0.29) is 12.5 Å². The third kappa shape index (κ3) is 2.79. The first-order chi connectivity index (χ1) is 7.06. The number of aromatic nitrogens is 2. The number of carbonyl (C=O) groups excluding carboxylic acids is 1. The molecule has 84 valence electrons. The maximum Gasteiger partial charge on any atom is 0.255 e. The van der Waals surface area contributed by atoms with Gasteiger partial charge < -0.3 is 10.4 Å². The molecule has 1 rings (SSSR count). The number of H-pyrrole nitrogens is 1. The fraction of sp³-hybridized carbons (Fsp3) is 0.600. The molecule has 3 N–H and O–H groups in total. The Morgan fingerprint density at radius 1 is 1.60 bits per heavy atom. The van der Waals surface area contributed by atoms with Crippen molar-refractivity contribution in [2.75, 3.05) is 6.54 Å². The number of aliphatic hydroxyl groups is 1. The van der Waals surface area contributed by atoms with Gasteiger partial charge in [-0.25, -0.2) is 0 Å². The number of nitrogens with one attached hydrogen (secondary N) is 2. The van der Waals surface area contributed by atoms with E-state index in [1.807, 2.05) is 6.92 Å². The SMILES string of the molecule is CCC(O)CNC(=O)c1c(C)n[nH]c1C. The minimum Gasteiger partial charge on any atom is -0.391 e.